The second-order valence-electron chi connectivity index (χ2n) is 5.32. The number of benzene rings is 1. The van der Waals surface area contributed by atoms with E-state index in [9.17, 15) is 5.11 Å². The summed E-state index contributed by atoms with van der Waals surface area (Å²) in [7, 11) is 1.66. The van der Waals surface area contributed by atoms with E-state index in [0.29, 0.717) is 0 Å². The minimum absolute atomic E-state index is 0.696. The van der Waals surface area contributed by atoms with Crippen LogP contribution in [0, 0.1) is 20.8 Å². The Balaban J connectivity index is 2.52. The van der Waals surface area contributed by atoms with Gasteiger partial charge in [0.25, 0.3) is 0 Å². The van der Waals surface area contributed by atoms with Crippen LogP contribution in [-0.4, -0.2) is 22.4 Å². The third-order valence-electron chi connectivity index (χ3n) is 3.73. The predicted octanol–water partition coefficient (Wildman–Crippen LogP) is 3.05. The van der Waals surface area contributed by atoms with Crippen molar-refractivity contribution in [2.45, 2.75) is 40.2 Å². The van der Waals surface area contributed by atoms with Gasteiger partial charge in [0.2, 0.25) is 0 Å². The lowest BCUT2D eigenvalue weighted by Crippen LogP contribution is -2.09. The van der Waals surface area contributed by atoms with Crippen LogP contribution < -0.4 is 4.74 Å². The second kappa shape index (κ2) is 6.22. The van der Waals surface area contributed by atoms with E-state index in [2.05, 4.69) is 10.2 Å². The molecule has 1 atom stereocenters. The van der Waals surface area contributed by atoms with E-state index in [1.807, 2.05) is 45.9 Å². The van der Waals surface area contributed by atoms with Gasteiger partial charge in [-0.3, -0.25) is 0 Å². The van der Waals surface area contributed by atoms with Crippen molar-refractivity contribution >= 4 is 0 Å². The summed E-state index contributed by atoms with van der Waals surface area (Å²) in [4.78, 5) is 0. The maximum atomic E-state index is 10.8. The van der Waals surface area contributed by atoms with Crippen LogP contribution in [0.4, 0.5) is 0 Å². The first-order chi connectivity index (χ1) is 9.97. The van der Waals surface area contributed by atoms with Gasteiger partial charge in [0, 0.05) is 5.56 Å². The molecule has 0 fully saturated rings. The van der Waals surface area contributed by atoms with Crippen LogP contribution in [0.25, 0.3) is 0 Å². The molecule has 0 spiro atoms. The van der Waals surface area contributed by atoms with Gasteiger partial charge in [0.1, 0.15) is 11.9 Å². The molecule has 112 valence electrons. The van der Waals surface area contributed by atoms with E-state index in [1.54, 1.807) is 7.11 Å². The quantitative estimate of drug-likeness (QED) is 0.938. The van der Waals surface area contributed by atoms with E-state index in [1.165, 1.54) is 0 Å². The van der Waals surface area contributed by atoms with E-state index in [0.717, 1.165) is 45.8 Å². The van der Waals surface area contributed by atoms with Crippen molar-refractivity contribution in [3.05, 3.63) is 51.8 Å². The maximum absolute atomic E-state index is 10.8. The fourth-order valence-corrected chi connectivity index (χ4v) is 2.54. The lowest BCUT2D eigenvalue weighted by atomic mass is 9.94. The highest BCUT2D eigenvalue weighted by Crippen LogP contribution is 2.31. The Bertz CT molecular complexity index is 653. The third-order valence-corrected chi connectivity index (χ3v) is 3.73. The number of aryl methyl sites for hydroxylation is 4. The number of hydrogen-bond donors (Lipinski definition) is 1. The summed E-state index contributed by atoms with van der Waals surface area (Å²) in [5.74, 6) is 0.836. The summed E-state index contributed by atoms with van der Waals surface area (Å²) in [6, 6.07) is 5.85. The van der Waals surface area contributed by atoms with Crippen molar-refractivity contribution in [2.24, 2.45) is 0 Å². The zero-order chi connectivity index (χ0) is 15.6. The Kier molecular flexibility index (Phi) is 4.58. The number of aliphatic hydroxyl groups is 1. The highest BCUT2D eigenvalue weighted by atomic mass is 16.5. The fraction of sp³-hybridized carbons (Fsp3) is 0.412. The van der Waals surface area contributed by atoms with Crippen LogP contribution in [0.15, 0.2) is 18.2 Å². The van der Waals surface area contributed by atoms with E-state index < -0.39 is 6.10 Å². The molecular formula is C17H22N2O2. The molecule has 0 saturated carbocycles. The zero-order valence-corrected chi connectivity index (χ0v) is 13.3. The molecule has 1 unspecified atom stereocenters. The van der Waals surface area contributed by atoms with Crippen molar-refractivity contribution in [1.29, 1.82) is 0 Å². The Morgan fingerprint density at radius 3 is 2.38 bits per heavy atom. The molecule has 0 aliphatic heterocycles. The van der Waals surface area contributed by atoms with Gasteiger partial charge >= 0.3 is 0 Å². The topological polar surface area (TPSA) is 55.2 Å². The Morgan fingerprint density at radius 1 is 1.05 bits per heavy atom. The number of aromatic nitrogens is 2. The first-order valence-electron chi connectivity index (χ1n) is 7.14. The van der Waals surface area contributed by atoms with Crippen LogP contribution in [-0.2, 0) is 6.42 Å². The third kappa shape index (κ3) is 3.05. The Morgan fingerprint density at radius 2 is 1.76 bits per heavy atom. The summed E-state index contributed by atoms with van der Waals surface area (Å²) in [6.45, 7) is 7.86. The molecule has 0 radical (unpaired) electrons. The lowest BCUT2D eigenvalue weighted by Gasteiger charge is -2.18. The molecule has 0 amide bonds. The molecule has 1 aromatic carbocycles. The molecular weight excluding hydrogens is 264 g/mol. The number of methoxy groups -OCH3 is 1. The monoisotopic (exact) mass is 286 g/mol. The first kappa shape index (κ1) is 15.4. The number of aliphatic hydroxyl groups excluding tert-OH is 1. The maximum Gasteiger partial charge on any atom is 0.122 e. The highest BCUT2D eigenvalue weighted by Gasteiger charge is 2.19. The molecule has 0 bridgehead atoms. The van der Waals surface area contributed by atoms with Gasteiger partial charge in [-0.05, 0) is 62.1 Å². The molecule has 21 heavy (non-hydrogen) atoms. The molecule has 1 N–H and O–H groups in total. The van der Waals surface area contributed by atoms with Gasteiger partial charge in [-0.1, -0.05) is 6.92 Å². The smallest absolute Gasteiger partial charge is 0.122 e. The number of hydrogen-bond acceptors (Lipinski definition) is 4. The van der Waals surface area contributed by atoms with Gasteiger partial charge in [-0.15, -0.1) is 0 Å². The van der Waals surface area contributed by atoms with Crippen LogP contribution in [0.2, 0.25) is 0 Å². The summed E-state index contributed by atoms with van der Waals surface area (Å²) in [5, 5.41) is 19.1. The Labute approximate surface area is 125 Å². The minimum Gasteiger partial charge on any atom is -0.496 e. The van der Waals surface area contributed by atoms with Gasteiger partial charge in [-0.2, -0.15) is 10.2 Å². The second-order valence-corrected chi connectivity index (χ2v) is 5.32. The number of ether oxygens (including phenoxy) is 1. The SMILES string of the molecule is CCc1nnc(C)cc1C(O)c1cc(C)c(OC)cc1C. The molecule has 1 heterocycles. The zero-order valence-electron chi connectivity index (χ0n) is 13.3. The Hall–Kier alpha value is -1.94. The number of rotatable bonds is 4. The van der Waals surface area contributed by atoms with E-state index in [4.69, 9.17) is 4.74 Å². The number of nitrogens with zero attached hydrogens (tertiary/aromatic N) is 2. The van der Waals surface area contributed by atoms with Crippen molar-refractivity contribution in [1.82, 2.24) is 10.2 Å². The van der Waals surface area contributed by atoms with Gasteiger partial charge in [-0.25, -0.2) is 0 Å². The van der Waals surface area contributed by atoms with Crippen molar-refractivity contribution < 1.29 is 9.84 Å². The van der Waals surface area contributed by atoms with Crippen molar-refractivity contribution in [2.75, 3.05) is 7.11 Å². The molecule has 2 rings (SSSR count). The standard InChI is InChI=1S/C17H22N2O2/c1-6-15-14(9-12(4)18-19-15)17(20)13-7-11(3)16(21-5)8-10(13)2/h7-9,17,20H,6H2,1-5H3. The predicted molar refractivity (Wildman–Crippen MR) is 82.7 cm³/mol. The molecule has 0 aliphatic rings. The van der Waals surface area contributed by atoms with Crippen molar-refractivity contribution in [3.8, 4) is 5.75 Å². The van der Waals surface area contributed by atoms with Crippen LogP contribution in [0.5, 0.6) is 5.75 Å². The van der Waals surface area contributed by atoms with Crippen LogP contribution in [0.1, 0.15) is 46.7 Å². The average Bonchev–Trinajstić information content (AvgIpc) is 2.48. The molecule has 0 aliphatic carbocycles. The fourth-order valence-electron chi connectivity index (χ4n) is 2.54. The van der Waals surface area contributed by atoms with Gasteiger partial charge in [0.15, 0.2) is 0 Å². The van der Waals surface area contributed by atoms with E-state index >= 15 is 0 Å². The first-order valence-corrected chi connectivity index (χ1v) is 7.14. The largest absolute Gasteiger partial charge is 0.496 e. The minimum atomic E-state index is -0.696. The molecule has 2 aromatic rings. The van der Waals surface area contributed by atoms with Gasteiger partial charge in [0.05, 0.1) is 18.5 Å². The average molecular weight is 286 g/mol. The van der Waals surface area contributed by atoms with Crippen molar-refractivity contribution in [3.63, 3.8) is 0 Å². The van der Waals surface area contributed by atoms with E-state index in [-0.39, 0.29) is 0 Å². The van der Waals surface area contributed by atoms with Gasteiger partial charge < -0.3 is 9.84 Å². The summed E-state index contributed by atoms with van der Waals surface area (Å²) in [6.07, 6.45) is 0.0483. The lowest BCUT2D eigenvalue weighted by molar-refractivity contribution is 0.217. The van der Waals surface area contributed by atoms with Crippen LogP contribution >= 0.6 is 0 Å². The molecule has 0 saturated heterocycles. The molecule has 4 nitrogen and oxygen atoms in total. The summed E-state index contributed by atoms with van der Waals surface area (Å²) >= 11 is 0. The highest BCUT2D eigenvalue weighted by molar-refractivity contribution is 5.45. The molecule has 4 heteroatoms. The summed E-state index contributed by atoms with van der Waals surface area (Å²) < 4.78 is 5.33. The normalized spacial score (nSPS) is 12.3. The van der Waals surface area contributed by atoms with Crippen LogP contribution in [0.3, 0.4) is 0 Å². The molecule has 1 aromatic heterocycles. The summed E-state index contributed by atoms with van der Waals surface area (Å²) in [5.41, 5.74) is 5.37.